The first-order chi connectivity index (χ1) is 15.1. The molecule has 0 unspecified atom stereocenters. The van der Waals surface area contributed by atoms with Gasteiger partial charge >= 0.3 is 0 Å². The fourth-order valence-corrected chi connectivity index (χ4v) is 4.40. The number of para-hydroxylation sites is 1. The van der Waals surface area contributed by atoms with Crippen LogP contribution in [0, 0.1) is 5.92 Å². The number of fused-ring (bicyclic) bond motifs is 3. The van der Waals surface area contributed by atoms with Crippen LogP contribution in [0.25, 0.3) is 27.8 Å². The Labute approximate surface area is 179 Å². The predicted octanol–water partition coefficient (Wildman–Crippen LogP) is 3.20. The molecule has 7 nitrogen and oxygen atoms in total. The second kappa shape index (κ2) is 8.00. The van der Waals surface area contributed by atoms with Gasteiger partial charge in [-0.3, -0.25) is 9.59 Å². The molecule has 1 aliphatic rings. The smallest absolute Gasteiger partial charge is 0.259 e. The zero-order valence-electron chi connectivity index (χ0n) is 17.5. The number of amides is 1. The Morgan fingerprint density at radius 3 is 2.74 bits per heavy atom. The maximum absolute atomic E-state index is 12.4. The summed E-state index contributed by atoms with van der Waals surface area (Å²) < 4.78 is 1.76. The molecule has 7 heteroatoms. The number of carbonyl (C=O) groups is 1. The van der Waals surface area contributed by atoms with Crippen molar-refractivity contribution in [3.63, 3.8) is 0 Å². The van der Waals surface area contributed by atoms with Crippen LogP contribution in [0.1, 0.15) is 19.8 Å². The molecule has 2 aromatic heterocycles. The summed E-state index contributed by atoms with van der Waals surface area (Å²) in [5, 5.41) is 8.73. The van der Waals surface area contributed by atoms with Crippen molar-refractivity contribution in [1.82, 2.24) is 19.9 Å². The second-order valence-electron chi connectivity index (χ2n) is 8.17. The molecule has 31 heavy (non-hydrogen) atoms. The minimum atomic E-state index is -0.131. The molecular weight excluding hydrogens is 390 g/mol. The van der Waals surface area contributed by atoms with Crippen LogP contribution in [0.3, 0.4) is 0 Å². The predicted molar refractivity (Wildman–Crippen MR) is 122 cm³/mol. The summed E-state index contributed by atoms with van der Waals surface area (Å²) in [5.74, 6) is 0.543. The molecule has 0 radical (unpaired) electrons. The number of nitrogens with one attached hydrogen (secondary N) is 2. The van der Waals surface area contributed by atoms with Crippen LogP contribution in [-0.4, -0.2) is 40.1 Å². The number of aromatic amines is 1. The van der Waals surface area contributed by atoms with E-state index < -0.39 is 0 Å². The lowest BCUT2D eigenvalue weighted by molar-refractivity contribution is -0.116. The van der Waals surface area contributed by atoms with E-state index in [2.05, 4.69) is 10.3 Å². The molecule has 0 saturated carbocycles. The number of aromatic nitrogens is 3. The van der Waals surface area contributed by atoms with Crippen molar-refractivity contribution in [2.45, 2.75) is 19.8 Å². The van der Waals surface area contributed by atoms with Gasteiger partial charge in [0.2, 0.25) is 5.91 Å². The van der Waals surface area contributed by atoms with E-state index in [0.29, 0.717) is 17.0 Å². The molecule has 0 spiro atoms. The van der Waals surface area contributed by atoms with Gasteiger partial charge in [0.25, 0.3) is 5.56 Å². The third kappa shape index (κ3) is 3.72. The van der Waals surface area contributed by atoms with E-state index >= 15 is 0 Å². The number of rotatable bonds is 4. The molecule has 5 rings (SSSR count). The highest BCUT2D eigenvalue weighted by Crippen LogP contribution is 2.27. The van der Waals surface area contributed by atoms with Gasteiger partial charge < -0.3 is 15.2 Å². The minimum Gasteiger partial charge on any atom is -0.317 e. The third-order valence-corrected chi connectivity index (χ3v) is 6.06. The quantitative estimate of drug-likeness (QED) is 0.536. The summed E-state index contributed by atoms with van der Waals surface area (Å²) in [6.07, 6.45) is 2.16. The molecular formula is C24H25N5O2. The minimum absolute atomic E-state index is 0.0426. The lowest BCUT2D eigenvalue weighted by atomic mass is 9.97. The Hall–Kier alpha value is -3.45. The van der Waals surface area contributed by atoms with E-state index in [0.717, 1.165) is 54.9 Å². The van der Waals surface area contributed by atoms with Crippen molar-refractivity contribution in [1.29, 1.82) is 0 Å². The summed E-state index contributed by atoms with van der Waals surface area (Å²) in [6, 6.07) is 17.2. The molecule has 2 aromatic carbocycles. The molecule has 1 aliphatic heterocycles. The monoisotopic (exact) mass is 415 g/mol. The number of piperidine rings is 1. The lowest BCUT2D eigenvalue weighted by Crippen LogP contribution is -2.38. The number of hydrogen-bond acceptors (Lipinski definition) is 4. The number of hydrogen-bond donors (Lipinski definition) is 2. The van der Waals surface area contributed by atoms with Crippen LogP contribution in [0.5, 0.6) is 0 Å². The maximum atomic E-state index is 12.4. The average molecular weight is 415 g/mol. The van der Waals surface area contributed by atoms with Crippen LogP contribution < -0.4 is 15.8 Å². The van der Waals surface area contributed by atoms with Gasteiger partial charge in [-0.25, -0.2) is 4.52 Å². The number of carbonyl (C=O) groups excluding carboxylic acids is 1. The largest absolute Gasteiger partial charge is 0.317 e. The van der Waals surface area contributed by atoms with Gasteiger partial charge in [-0.2, -0.15) is 5.10 Å². The van der Waals surface area contributed by atoms with Crippen molar-refractivity contribution in [2.75, 3.05) is 24.5 Å². The highest BCUT2D eigenvalue weighted by atomic mass is 16.2. The van der Waals surface area contributed by atoms with Crippen molar-refractivity contribution < 1.29 is 4.79 Å². The van der Waals surface area contributed by atoms with Gasteiger partial charge in [0.05, 0.1) is 16.6 Å². The SMILES string of the molecule is CC(=O)N(CC1CCNCC1)c1cccc(-c2cc3[nH]c(=O)c4ccccc4n3n2)c1. The Bertz CT molecular complexity index is 1320. The molecule has 2 N–H and O–H groups in total. The molecule has 0 bridgehead atoms. The molecule has 4 aromatic rings. The van der Waals surface area contributed by atoms with Crippen molar-refractivity contribution in [3.8, 4) is 11.3 Å². The third-order valence-electron chi connectivity index (χ3n) is 6.06. The molecule has 3 heterocycles. The van der Waals surface area contributed by atoms with E-state index in [9.17, 15) is 9.59 Å². The van der Waals surface area contributed by atoms with E-state index in [1.807, 2.05) is 53.4 Å². The highest BCUT2D eigenvalue weighted by Gasteiger charge is 2.20. The molecule has 1 fully saturated rings. The van der Waals surface area contributed by atoms with Gasteiger partial charge in [-0.05, 0) is 56.1 Å². The van der Waals surface area contributed by atoms with Gasteiger partial charge in [0, 0.05) is 30.8 Å². The van der Waals surface area contributed by atoms with Gasteiger partial charge in [0.15, 0.2) is 0 Å². The summed E-state index contributed by atoms with van der Waals surface area (Å²) in [4.78, 5) is 29.6. The van der Waals surface area contributed by atoms with E-state index in [1.54, 1.807) is 17.5 Å². The zero-order chi connectivity index (χ0) is 21.4. The van der Waals surface area contributed by atoms with Crippen LogP contribution in [0.15, 0.2) is 59.4 Å². The van der Waals surface area contributed by atoms with E-state index in [4.69, 9.17) is 5.10 Å². The Morgan fingerprint density at radius 2 is 1.94 bits per heavy atom. The number of anilines is 1. The summed E-state index contributed by atoms with van der Waals surface area (Å²) in [7, 11) is 0. The first-order valence-corrected chi connectivity index (χ1v) is 10.7. The molecule has 1 saturated heterocycles. The Kier molecular flexibility index (Phi) is 5.03. The van der Waals surface area contributed by atoms with Crippen molar-refractivity contribution in [2.24, 2.45) is 5.92 Å². The van der Waals surface area contributed by atoms with Gasteiger partial charge in [-0.1, -0.05) is 24.3 Å². The fraction of sp³-hybridized carbons (Fsp3) is 0.292. The first-order valence-electron chi connectivity index (χ1n) is 10.7. The van der Waals surface area contributed by atoms with Crippen LogP contribution in [-0.2, 0) is 4.79 Å². The maximum Gasteiger partial charge on any atom is 0.259 e. The summed E-state index contributed by atoms with van der Waals surface area (Å²) in [5.41, 5.74) is 3.80. The van der Waals surface area contributed by atoms with E-state index in [-0.39, 0.29) is 11.5 Å². The zero-order valence-corrected chi connectivity index (χ0v) is 17.5. The topological polar surface area (TPSA) is 82.5 Å². The van der Waals surface area contributed by atoms with Crippen LogP contribution >= 0.6 is 0 Å². The molecule has 158 valence electrons. The highest BCUT2D eigenvalue weighted by molar-refractivity contribution is 5.92. The molecule has 0 atom stereocenters. The average Bonchev–Trinajstić information content (AvgIpc) is 3.22. The second-order valence-corrected chi connectivity index (χ2v) is 8.17. The Morgan fingerprint density at radius 1 is 1.13 bits per heavy atom. The van der Waals surface area contributed by atoms with Crippen molar-refractivity contribution >= 4 is 28.1 Å². The molecule has 0 aliphatic carbocycles. The van der Waals surface area contributed by atoms with Gasteiger partial charge in [0.1, 0.15) is 5.65 Å². The van der Waals surface area contributed by atoms with Crippen LogP contribution in [0.4, 0.5) is 5.69 Å². The Balaban J connectivity index is 1.53. The van der Waals surface area contributed by atoms with Crippen molar-refractivity contribution in [3.05, 3.63) is 65.0 Å². The first kappa shape index (κ1) is 19.5. The number of nitrogens with zero attached hydrogens (tertiary/aromatic N) is 3. The lowest BCUT2D eigenvalue weighted by Gasteiger charge is -2.29. The van der Waals surface area contributed by atoms with Crippen LogP contribution in [0.2, 0.25) is 0 Å². The summed E-state index contributed by atoms with van der Waals surface area (Å²) >= 11 is 0. The number of H-pyrrole nitrogens is 1. The molecule has 1 amide bonds. The summed E-state index contributed by atoms with van der Waals surface area (Å²) in [6.45, 7) is 4.35. The number of benzene rings is 2. The fourth-order valence-electron chi connectivity index (χ4n) is 4.40. The standard InChI is InChI=1S/C24H25N5O2/c1-16(30)28(15-17-9-11-25-12-10-17)19-6-4-5-18(13-19)21-14-23-26-24(31)20-7-2-3-8-22(20)29(23)27-21/h2-8,13-14,17,25H,9-12,15H2,1H3,(H,26,31). The van der Waals surface area contributed by atoms with Gasteiger partial charge in [-0.15, -0.1) is 0 Å². The van der Waals surface area contributed by atoms with E-state index in [1.165, 1.54) is 0 Å². The normalized spacial score (nSPS) is 14.9.